The van der Waals surface area contributed by atoms with Gasteiger partial charge < -0.3 is 19.9 Å². The zero-order valence-corrected chi connectivity index (χ0v) is 16.2. The zero-order chi connectivity index (χ0) is 18.8. The molecule has 0 saturated carbocycles. The smallest absolute Gasteiger partial charge is 0.191 e. The fraction of sp³-hybridized carbons (Fsp3) is 0.500. The Balaban J connectivity index is 1.97. The SMILES string of the molecule is CCNC(=NCc1cccc(OC)c1)NCc1cc(C(CC)CC)no1. The van der Waals surface area contributed by atoms with Crippen LogP contribution in [0.1, 0.15) is 56.5 Å². The minimum atomic E-state index is 0.461. The van der Waals surface area contributed by atoms with Crippen molar-refractivity contribution in [2.45, 2.75) is 52.6 Å². The lowest BCUT2D eigenvalue weighted by Crippen LogP contribution is -2.36. The van der Waals surface area contributed by atoms with Crippen molar-refractivity contribution in [3.63, 3.8) is 0 Å². The second-order valence-electron chi connectivity index (χ2n) is 6.13. The summed E-state index contributed by atoms with van der Waals surface area (Å²) in [6.07, 6.45) is 2.14. The first-order valence-electron chi connectivity index (χ1n) is 9.30. The number of guanidine groups is 1. The number of hydrogen-bond acceptors (Lipinski definition) is 4. The van der Waals surface area contributed by atoms with Crippen LogP contribution in [0.2, 0.25) is 0 Å². The molecular weight excluding hydrogens is 328 g/mol. The quantitative estimate of drug-likeness (QED) is 0.526. The number of aliphatic imine (C=N–C) groups is 1. The molecule has 6 nitrogen and oxygen atoms in total. The normalized spacial score (nSPS) is 11.7. The second-order valence-corrected chi connectivity index (χ2v) is 6.13. The van der Waals surface area contributed by atoms with Gasteiger partial charge in [0, 0.05) is 18.5 Å². The number of ether oxygens (including phenoxy) is 1. The summed E-state index contributed by atoms with van der Waals surface area (Å²) >= 11 is 0. The maximum absolute atomic E-state index is 5.46. The van der Waals surface area contributed by atoms with Crippen molar-refractivity contribution in [3.8, 4) is 5.75 Å². The number of benzene rings is 1. The Bertz CT molecular complexity index is 693. The van der Waals surface area contributed by atoms with Crippen LogP contribution in [-0.4, -0.2) is 24.8 Å². The van der Waals surface area contributed by atoms with E-state index in [0.717, 1.165) is 48.1 Å². The number of methoxy groups -OCH3 is 1. The number of hydrogen-bond donors (Lipinski definition) is 2. The summed E-state index contributed by atoms with van der Waals surface area (Å²) in [5.74, 6) is 2.86. The highest BCUT2D eigenvalue weighted by atomic mass is 16.5. The first-order valence-corrected chi connectivity index (χ1v) is 9.30. The van der Waals surface area contributed by atoms with Crippen LogP contribution in [0.3, 0.4) is 0 Å². The lowest BCUT2D eigenvalue weighted by molar-refractivity contribution is 0.368. The third-order valence-corrected chi connectivity index (χ3v) is 4.31. The largest absolute Gasteiger partial charge is 0.497 e. The van der Waals surface area contributed by atoms with Crippen molar-refractivity contribution in [3.05, 3.63) is 47.3 Å². The van der Waals surface area contributed by atoms with Crippen LogP contribution in [0.4, 0.5) is 0 Å². The molecule has 0 aliphatic rings. The topological polar surface area (TPSA) is 71.7 Å². The van der Waals surface area contributed by atoms with Gasteiger partial charge in [0.25, 0.3) is 0 Å². The van der Waals surface area contributed by atoms with E-state index in [2.05, 4.69) is 34.6 Å². The Hall–Kier alpha value is -2.50. The van der Waals surface area contributed by atoms with E-state index in [1.54, 1.807) is 7.11 Å². The van der Waals surface area contributed by atoms with Crippen LogP contribution in [-0.2, 0) is 13.1 Å². The maximum Gasteiger partial charge on any atom is 0.191 e. The van der Waals surface area contributed by atoms with Crippen LogP contribution >= 0.6 is 0 Å². The molecular formula is C20H30N4O2. The van der Waals surface area contributed by atoms with Gasteiger partial charge >= 0.3 is 0 Å². The molecule has 2 aromatic rings. The second kappa shape index (κ2) is 10.5. The molecule has 2 N–H and O–H groups in total. The Morgan fingerprint density at radius 2 is 2.00 bits per heavy atom. The summed E-state index contributed by atoms with van der Waals surface area (Å²) in [5.41, 5.74) is 2.13. The molecule has 0 radical (unpaired) electrons. The highest BCUT2D eigenvalue weighted by molar-refractivity contribution is 5.79. The summed E-state index contributed by atoms with van der Waals surface area (Å²) < 4.78 is 10.7. The number of nitrogens with one attached hydrogen (secondary N) is 2. The lowest BCUT2D eigenvalue weighted by Gasteiger charge is -2.10. The molecule has 0 atom stereocenters. The third kappa shape index (κ3) is 5.79. The van der Waals surface area contributed by atoms with E-state index in [0.29, 0.717) is 19.0 Å². The Morgan fingerprint density at radius 3 is 2.69 bits per heavy atom. The molecule has 0 fully saturated rings. The van der Waals surface area contributed by atoms with Gasteiger partial charge in [-0.15, -0.1) is 0 Å². The van der Waals surface area contributed by atoms with Gasteiger partial charge in [0.2, 0.25) is 0 Å². The van der Waals surface area contributed by atoms with Crippen molar-refractivity contribution >= 4 is 5.96 Å². The van der Waals surface area contributed by atoms with Crippen molar-refractivity contribution < 1.29 is 9.26 Å². The Morgan fingerprint density at radius 1 is 1.19 bits per heavy atom. The van der Waals surface area contributed by atoms with E-state index in [1.165, 1.54) is 0 Å². The predicted molar refractivity (Wildman–Crippen MR) is 104 cm³/mol. The molecule has 2 rings (SSSR count). The molecule has 1 aromatic heterocycles. The molecule has 0 bridgehead atoms. The Labute approximate surface area is 156 Å². The van der Waals surface area contributed by atoms with Crippen LogP contribution < -0.4 is 15.4 Å². The molecule has 0 saturated heterocycles. The Kier molecular flexibility index (Phi) is 7.99. The zero-order valence-electron chi connectivity index (χ0n) is 16.2. The van der Waals surface area contributed by atoms with E-state index < -0.39 is 0 Å². The van der Waals surface area contributed by atoms with E-state index in [4.69, 9.17) is 9.26 Å². The standard InChI is InChI=1S/C20H30N4O2/c1-5-16(6-2)19-12-18(26-24-19)14-23-20(21-7-3)22-13-15-9-8-10-17(11-15)25-4/h8-12,16H,5-7,13-14H2,1-4H3,(H2,21,22,23). The van der Waals surface area contributed by atoms with Crippen molar-refractivity contribution in [2.75, 3.05) is 13.7 Å². The average molecular weight is 358 g/mol. The van der Waals surface area contributed by atoms with Crippen LogP contribution in [0, 0.1) is 0 Å². The van der Waals surface area contributed by atoms with Gasteiger partial charge in [-0.2, -0.15) is 0 Å². The highest BCUT2D eigenvalue weighted by Crippen LogP contribution is 2.22. The maximum atomic E-state index is 5.46. The van der Waals surface area contributed by atoms with E-state index >= 15 is 0 Å². The molecule has 6 heteroatoms. The monoisotopic (exact) mass is 358 g/mol. The number of rotatable bonds is 9. The predicted octanol–water partition coefficient (Wildman–Crippen LogP) is 3.84. The first kappa shape index (κ1) is 19.8. The fourth-order valence-electron chi connectivity index (χ4n) is 2.77. The van der Waals surface area contributed by atoms with E-state index in [9.17, 15) is 0 Å². The van der Waals surface area contributed by atoms with Gasteiger partial charge in [-0.3, -0.25) is 0 Å². The highest BCUT2D eigenvalue weighted by Gasteiger charge is 2.13. The molecule has 0 amide bonds. The van der Waals surface area contributed by atoms with Crippen molar-refractivity contribution in [1.29, 1.82) is 0 Å². The van der Waals surface area contributed by atoms with Crippen LogP contribution in [0.15, 0.2) is 39.8 Å². The van der Waals surface area contributed by atoms with E-state index in [1.807, 2.05) is 37.3 Å². The van der Waals surface area contributed by atoms with E-state index in [-0.39, 0.29) is 0 Å². The van der Waals surface area contributed by atoms with Gasteiger partial charge in [0.05, 0.1) is 25.9 Å². The summed E-state index contributed by atoms with van der Waals surface area (Å²) in [4.78, 5) is 4.63. The molecule has 0 aliphatic heterocycles. The molecule has 0 aliphatic carbocycles. The summed E-state index contributed by atoms with van der Waals surface area (Å²) in [5, 5.41) is 10.8. The minimum absolute atomic E-state index is 0.461. The van der Waals surface area contributed by atoms with Crippen LogP contribution in [0.25, 0.3) is 0 Å². The molecule has 0 spiro atoms. The number of aromatic nitrogens is 1. The molecule has 1 heterocycles. The van der Waals surface area contributed by atoms with Gasteiger partial charge in [-0.05, 0) is 37.5 Å². The van der Waals surface area contributed by atoms with Gasteiger partial charge in [-0.25, -0.2) is 4.99 Å². The fourth-order valence-corrected chi connectivity index (χ4v) is 2.77. The van der Waals surface area contributed by atoms with Crippen molar-refractivity contribution in [1.82, 2.24) is 15.8 Å². The third-order valence-electron chi connectivity index (χ3n) is 4.31. The summed E-state index contributed by atoms with van der Waals surface area (Å²) in [7, 11) is 1.67. The first-order chi connectivity index (χ1) is 12.7. The lowest BCUT2D eigenvalue weighted by atomic mass is 9.99. The van der Waals surface area contributed by atoms with Crippen LogP contribution in [0.5, 0.6) is 5.75 Å². The number of nitrogens with zero attached hydrogens (tertiary/aromatic N) is 2. The van der Waals surface area contributed by atoms with Gasteiger partial charge in [0.15, 0.2) is 11.7 Å². The summed E-state index contributed by atoms with van der Waals surface area (Å²) in [6.45, 7) is 8.31. The van der Waals surface area contributed by atoms with Gasteiger partial charge in [0.1, 0.15) is 5.75 Å². The van der Waals surface area contributed by atoms with Gasteiger partial charge in [-0.1, -0.05) is 31.1 Å². The van der Waals surface area contributed by atoms with Crippen molar-refractivity contribution in [2.24, 2.45) is 4.99 Å². The minimum Gasteiger partial charge on any atom is -0.497 e. The average Bonchev–Trinajstić information content (AvgIpc) is 3.14. The molecule has 26 heavy (non-hydrogen) atoms. The molecule has 0 unspecified atom stereocenters. The molecule has 142 valence electrons. The molecule has 1 aromatic carbocycles. The summed E-state index contributed by atoms with van der Waals surface area (Å²) in [6, 6.07) is 9.96.